The van der Waals surface area contributed by atoms with Gasteiger partial charge in [0.15, 0.2) is 0 Å². The Balaban J connectivity index is 2.40. The van der Waals surface area contributed by atoms with E-state index in [9.17, 15) is 23.1 Å². The van der Waals surface area contributed by atoms with Crippen molar-refractivity contribution in [3.05, 3.63) is 12.2 Å². The highest BCUT2D eigenvalue weighted by Crippen LogP contribution is 2.58. The second-order valence-corrected chi connectivity index (χ2v) is 5.33. The van der Waals surface area contributed by atoms with E-state index in [1.54, 1.807) is 6.08 Å². The number of ether oxygens (including phenoxy) is 1. The number of aliphatic hydroxyl groups excluding tert-OH is 1. The summed E-state index contributed by atoms with van der Waals surface area (Å²) < 4.78 is 45.7. The molecular weight excluding hydrogens is 261 g/mol. The van der Waals surface area contributed by atoms with E-state index in [4.69, 9.17) is 4.74 Å². The van der Waals surface area contributed by atoms with Gasteiger partial charge in [-0.25, -0.2) is 0 Å². The molecule has 0 saturated heterocycles. The number of hydrogen-bond donors (Lipinski definition) is 1. The fourth-order valence-electron chi connectivity index (χ4n) is 3.33. The smallest absolute Gasteiger partial charge is 0.398 e. The van der Waals surface area contributed by atoms with E-state index in [0.717, 1.165) is 6.92 Å². The Kier molecular flexibility index (Phi) is 3.64. The predicted octanol–water partition coefficient (Wildman–Crippen LogP) is 2.59. The summed E-state index contributed by atoms with van der Waals surface area (Å²) in [6.07, 6.45) is -3.22. The highest BCUT2D eigenvalue weighted by atomic mass is 19.4. The number of aliphatic hydroxyl groups is 1. The van der Waals surface area contributed by atoms with Gasteiger partial charge in [-0.2, -0.15) is 13.2 Å². The van der Waals surface area contributed by atoms with Crippen molar-refractivity contribution in [2.75, 3.05) is 0 Å². The van der Waals surface area contributed by atoms with Gasteiger partial charge in [-0.05, 0) is 25.2 Å². The van der Waals surface area contributed by atoms with Crippen LogP contribution < -0.4 is 0 Å². The van der Waals surface area contributed by atoms with Gasteiger partial charge in [-0.15, -0.1) is 0 Å². The van der Waals surface area contributed by atoms with E-state index in [1.807, 2.05) is 0 Å². The number of esters is 1. The van der Waals surface area contributed by atoms with Gasteiger partial charge in [0, 0.05) is 13.3 Å². The molecule has 0 aromatic rings. The van der Waals surface area contributed by atoms with Gasteiger partial charge in [0.1, 0.15) is 11.5 Å². The Morgan fingerprint density at radius 3 is 2.74 bits per heavy atom. The molecule has 6 heteroatoms. The molecule has 19 heavy (non-hydrogen) atoms. The van der Waals surface area contributed by atoms with Gasteiger partial charge in [0.25, 0.3) is 0 Å². The lowest BCUT2D eigenvalue weighted by molar-refractivity contribution is -0.287. The van der Waals surface area contributed by atoms with E-state index in [1.165, 1.54) is 6.08 Å². The van der Waals surface area contributed by atoms with E-state index >= 15 is 0 Å². The number of allylic oxidation sites excluding steroid dienone is 1. The third-order valence-corrected chi connectivity index (χ3v) is 4.21. The zero-order valence-electron chi connectivity index (χ0n) is 10.6. The van der Waals surface area contributed by atoms with Gasteiger partial charge < -0.3 is 9.84 Å². The van der Waals surface area contributed by atoms with Crippen molar-refractivity contribution in [3.8, 4) is 0 Å². The maximum Gasteiger partial charge on any atom is 0.398 e. The fraction of sp³-hybridized carbons (Fsp3) is 0.769. The molecule has 0 amide bonds. The molecule has 0 aromatic heterocycles. The summed E-state index contributed by atoms with van der Waals surface area (Å²) in [6, 6.07) is 0. The van der Waals surface area contributed by atoms with Crippen molar-refractivity contribution in [2.24, 2.45) is 11.3 Å². The van der Waals surface area contributed by atoms with E-state index < -0.39 is 35.7 Å². The molecule has 0 spiro atoms. The first kappa shape index (κ1) is 14.4. The maximum absolute atomic E-state index is 13.6. The Labute approximate surface area is 109 Å². The number of carbonyl (C=O) groups excluding carboxylic acids is 1. The standard InChI is InChI=1S/C13H17F3O3/c1-8(17)19-11-4-2-3-9-7-10(18)5-6-12(9,11)13(14,15)16/h2-3,9-11,18H,4-7H2,1H3/t9-,10+,11+,12-/m1/s1. The number of rotatable bonds is 1. The minimum Gasteiger partial charge on any atom is -0.461 e. The first-order valence-electron chi connectivity index (χ1n) is 6.36. The molecule has 2 aliphatic rings. The average molecular weight is 278 g/mol. The second kappa shape index (κ2) is 4.81. The number of halogens is 3. The van der Waals surface area contributed by atoms with Crippen LogP contribution in [0.3, 0.4) is 0 Å². The van der Waals surface area contributed by atoms with Crippen LogP contribution in [0.4, 0.5) is 13.2 Å². The molecule has 0 aliphatic heterocycles. The normalized spacial score (nSPS) is 38.7. The van der Waals surface area contributed by atoms with Crippen molar-refractivity contribution in [2.45, 2.75) is 51.0 Å². The lowest BCUT2D eigenvalue weighted by Gasteiger charge is -2.50. The maximum atomic E-state index is 13.6. The van der Waals surface area contributed by atoms with Gasteiger partial charge in [0.2, 0.25) is 0 Å². The summed E-state index contributed by atoms with van der Waals surface area (Å²) in [7, 11) is 0. The molecule has 0 aromatic carbocycles. The quantitative estimate of drug-likeness (QED) is 0.592. The predicted molar refractivity (Wildman–Crippen MR) is 61.1 cm³/mol. The van der Waals surface area contributed by atoms with Crippen LogP contribution in [0.2, 0.25) is 0 Å². The highest BCUT2D eigenvalue weighted by Gasteiger charge is 2.65. The molecule has 0 radical (unpaired) electrons. The van der Waals surface area contributed by atoms with Crippen LogP contribution in [0.5, 0.6) is 0 Å². The summed E-state index contributed by atoms with van der Waals surface area (Å²) in [6.45, 7) is 1.12. The molecule has 0 bridgehead atoms. The van der Waals surface area contributed by atoms with E-state index in [-0.39, 0.29) is 25.7 Å². The van der Waals surface area contributed by atoms with Crippen LogP contribution in [-0.2, 0) is 9.53 Å². The topological polar surface area (TPSA) is 46.5 Å². The van der Waals surface area contributed by atoms with Crippen molar-refractivity contribution >= 4 is 5.97 Å². The minimum absolute atomic E-state index is 0.0633. The Morgan fingerprint density at radius 2 is 2.16 bits per heavy atom. The first-order chi connectivity index (χ1) is 8.77. The summed E-state index contributed by atoms with van der Waals surface area (Å²) in [4.78, 5) is 11.1. The minimum atomic E-state index is -4.46. The summed E-state index contributed by atoms with van der Waals surface area (Å²) in [5.41, 5.74) is -2.05. The molecule has 0 unspecified atom stereocenters. The van der Waals surface area contributed by atoms with Gasteiger partial charge in [-0.3, -0.25) is 4.79 Å². The van der Waals surface area contributed by atoms with Crippen LogP contribution >= 0.6 is 0 Å². The third kappa shape index (κ3) is 2.38. The fourth-order valence-corrected chi connectivity index (χ4v) is 3.33. The van der Waals surface area contributed by atoms with Gasteiger partial charge in [0.05, 0.1) is 6.10 Å². The number of hydrogen-bond acceptors (Lipinski definition) is 3. The molecule has 1 saturated carbocycles. The van der Waals surface area contributed by atoms with Crippen LogP contribution in [0.25, 0.3) is 0 Å². The molecule has 108 valence electrons. The first-order valence-corrected chi connectivity index (χ1v) is 6.36. The van der Waals surface area contributed by atoms with Crippen molar-refractivity contribution < 1.29 is 27.8 Å². The van der Waals surface area contributed by atoms with E-state index in [0.29, 0.717) is 0 Å². The summed E-state index contributed by atoms with van der Waals surface area (Å²) >= 11 is 0. The molecule has 1 N–H and O–H groups in total. The van der Waals surface area contributed by atoms with Gasteiger partial charge >= 0.3 is 12.1 Å². The molecule has 0 heterocycles. The lowest BCUT2D eigenvalue weighted by atomic mass is 9.59. The Bertz CT molecular complexity index is 391. The van der Waals surface area contributed by atoms with Crippen LogP contribution in [0, 0.1) is 11.3 Å². The number of fused-ring (bicyclic) bond motifs is 1. The van der Waals surface area contributed by atoms with Crippen molar-refractivity contribution in [1.82, 2.24) is 0 Å². The number of alkyl halides is 3. The monoisotopic (exact) mass is 278 g/mol. The molecule has 1 fully saturated rings. The Morgan fingerprint density at radius 1 is 1.47 bits per heavy atom. The molecular formula is C13H17F3O3. The lowest BCUT2D eigenvalue weighted by Crippen LogP contribution is -2.57. The molecule has 2 aliphatic carbocycles. The van der Waals surface area contributed by atoms with Crippen LogP contribution in [-0.4, -0.2) is 29.5 Å². The largest absolute Gasteiger partial charge is 0.461 e. The van der Waals surface area contributed by atoms with Gasteiger partial charge in [-0.1, -0.05) is 12.2 Å². The van der Waals surface area contributed by atoms with Crippen LogP contribution in [0.1, 0.15) is 32.6 Å². The highest BCUT2D eigenvalue weighted by molar-refractivity contribution is 5.66. The molecule has 3 nitrogen and oxygen atoms in total. The second-order valence-electron chi connectivity index (χ2n) is 5.33. The zero-order valence-corrected chi connectivity index (χ0v) is 10.6. The average Bonchev–Trinajstić information content (AvgIpc) is 2.26. The number of carbonyl (C=O) groups is 1. The van der Waals surface area contributed by atoms with E-state index in [2.05, 4.69) is 0 Å². The Hall–Kier alpha value is -1.04. The summed E-state index contributed by atoms with van der Waals surface area (Å²) in [5.74, 6) is -1.52. The van der Waals surface area contributed by atoms with Crippen molar-refractivity contribution in [1.29, 1.82) is 0 Å². The zero-order chi connectivity index (χ0) is 14.3. The van der Waals surface area contributed by atoms with Crippen molar-refractivity contribution in [3.63, 3.8) is 0 Å². The third-order valence-electron chi connectivity index (χ3n) is 4.21. The van der Waals surface area contributed by atoms with Crippen LogP contribution in [0.15, 0.2) is 12.2 Å². The summed E-state index contributed by atoms with van der Waals surface area (Å²) in [5, 5.41) is 9.59. The SMILES string of the molecule is CC(=O)O[C@H]1CC=C[C@@H]2C[C@@H](O)CC[C@@]21C(F)(F)F. The molecule has 2 rings (SSSR count). The molecule has 4 atom stereocenters.